The zero-order valence-electron chi connectivity index (χ0n) is 13.2. The van der Waals surface area contributed by atoms with Crippen LogP contribution in [0.15, 0.2) is 6.33 Å². The Balaban J connectivity index is 1.93. The van der Waals surface area contributed by atoms with Gasteiger partial charge >= 0.3 is 12.4 Å². The Morgan fingerprint density at radius 3 is 2.23 bits per heavy atom. The van der Waals surface area contributed by atoms with Crippen molar-refractivity contribution in [1.82, 2.24) is 19.5 Å². The van der Waals surface area contributed by atoms with Gasteiger partial charge in [0.1, 0.15) is 5.52 Å². The second-order valence-electron chi connectivity index (χ2n) is 5.33. The van der Waals surface area contributed by atoms with E-state index >= 15 is 0 Å². The normalized spacial score (nSPS) is 13.0. The summed E-state index contributed by atoms with van der Waals surface area (Å²) in [5, 5.41) is 0. The molecule has 14 heteroatoms. The molecule has 146 valence electrons. The van der Waals surface area contributed by atoms with Gasteiger partial charge < -0.3 is 20.8 Å². The molecule has 0 amide bonds. The summed E-state index contributed by atoms with van der Waals surface area (Å²) < 4.78 is 81.0. The predicted molar refractivity (Wildman–Crippen MR) is 83.7 cm³/mol. The van der Waals surface area contributed by atoms with E-state index in [1.54, 1.807) is 0 Å². The van der Waals surface area contributed by atoms with E-state index in [1.807, 2.05) is 0 Å². The van der Waals surface area contributed by atoms with Gasteiger partial charge in [0.2, 0.25) is 5.95 Å². The fraction of sp³-hybridized carbons (Fsp3) is 0.583. The van der Waals surface area contributed by atoms with Gasteiger partial charge in [0.05, 0.1) is 31.6 Å². The highest BCUT2D eigenvalue weighted by molar-refractivity contribution is 7.57. The highest BCUT2D eigenvalue weighted by Gasteiger charge is 2.38. The maximum atomic E-state index is 12.4. The summed E-state index contributed by atoms with van der Waals surface area (Å²) in [5.41, 5.74) is 11.7. The van der Waals surface area contributed by atoms with Gasteiger partial charge in [0.15, 0.2) is 11.5 Å². The first-order chi connectivity index (χ1) is 11.9. The largest absolute Gasteiger partial charge is 0.392 e. The van der Waals surface area contributed by atoms with Crippen molar-refractivity contribution in [3.8, 4) is 0 Å². The molecule has 2 aromatic rings. The quantitative estimate of drug-likeness (QED) is 0.418. The van der Waals surface area contributed by atoms with Gasteiger partial charge in [-0.1, -0.05) is 7.92 Å². The van der Waals surface area contributed by atoms with E-state index in [0.29, 0.717) is 5.65 Å². The number of nitrogen functional groups attached to an aromatic ring is 2. The molecule has 0 aliphatic rings. The molecular weight excluding hydrogens is 389 g/mol. The second-order valence-corrected chi connectivity index (χ2v) is 7.56. The first kappa shape index (κ1) is 20.4. The van der Waals surface area contributed by atoms with Crippen LogP contribution in [0.4, 0.5) is 38.1 Å². The molecule has 7 nitrogen and oxygen atoms in total. The van der Waals surface area contributed by atoms with Gasteiger partial charge in [0, 0.05) is 6.54 Å². The van der Waals surface area contributed by atoms with Gasteiger partial charge in [-0.15, -0.1) is 0 Å². The van der Waals surface area contributed by atoms with Crippen LogP contribution in [0, 0.1) is 0 Å². The molecule has 0 spiro atoms. The smallest absolute Gasteiger partial charge is 0.382 e. The Labute approximate surface area is 144 Å². The van der Waals surface area contributed by atoms with Crippen LogP contribution in [-0.2, 0) is 11.3 Å². The molecule has 0 aromatic carbocycles. The molecule has 0 aliphatic heterocycles. The van der Waals surface area contributed by atoms with Crippen molar-refractivity contribution < 1.29 is 31.1 Å². The molecule has 26 heavy (non-hydrogen) atoms. The number of nitrogens with zero attached hydrogens (tertiary/aromatic N) is 4. The third-order valence-electron chi connectivity index (χ3n) is 3.06. The first-order valence-corrected chi connectivity index (χ1v) is 9.02. The van der Waals surface area contributed by atoms with Gasteiger partial charge in [-0.3, -0.25) is 0 Å². The number of ether oxygens (including phenoxy) is 1. The molecular formula is C12H15F6N6OP. The lowest BCUT2D eigenvalue weighted by Gasteiger charge is -2.20. The van der Waals surface area contributed by atoms with E-state index in [1.165, 1.54) is 10.9 Å². The van der Waals surface area contributed by atoms with E-state index in [9.17, 15) is 26.3 Å². The van der Waals surface area contributed by atoms with E-state index in [2.05, 4.69) is 15.0 Å². The van der Waals surface area contributed by atoms with Crippen LogP contribution in [0.2, 0.25) is 0 Å². The predicted octanol–water partition coefficient (Wildman–Crippen LogP) is 2.57. The van der Waals surface area contributed by atoms with Crippen LogP contribution in [-0.4, -0.2) is 57.2 Å². The lowest BCUT2D eigenvalue weighted by molar-refractivity contribution is -0.112. The summed E-state index contributed by atoms with van der Waals surface area (Å²) in [6.07, 6.45) is -11.6. The lowest BCUT2D eigenvalue weighted by atomic mass is 10.5. The van der Waals surface area contributed by atoms with Crippen LogP contribution < -0.4 is 11.5 Å². The fourth-order valence-corrected chi connectivity index (χ4v) is 3.85. The van der Waals surface area contributed by atoms with Gasteiger partial charge in [-0.05, 0) is 0 Å². The number of hydrogen-bond donors (Lipinski definition) is 2. The van der Waals surface area contributed by atoms with Crippen molar-refractivity contribution in [3.63, 3.8) is 0 Å². The molecule has 0 bridgehead atoms. The Morgan fingerprint density at radius 1 is 1.04 bits per heavy atom. The van der Waals surface area contributed by atoms with Crippen molar-refractivity contribution in [3.05, 3.63) is 6.33 Å². The fourth-order valence-electron chi connectivity index (χ4n) is 2.16. The average Bonchev–Trinajstić information content (AvgIpc) is 2.83. The SMILES string of the molecule is Nc1nc(N)c2ncn(CCOCP(CC(F)(F)F)CC(F)(F)F)c2n1. The monoisotopic (exact) mass is 404 g/mol. The van der Waals surface area contributed by atoms with Crippen LogP contribution in [0.5, 0.6) is 0 Å². The molecule has 2 rings (SSSR count). The Kier molecular flexibility index (Phi) is 6.12. The number of alkyl halides is 6. The third-order valence-corrected chi connectivity index (χ3v) is 5.22. The van der Waals surface area contributed by atoms with Crippen molar-refractivity contribution in [2.24, 2.45) is 0 Å². The lowest BCUT2D eigenvalue weighted by Crippen LogP contribution is -2.22. The van der Waals surface area contributed by atoms with E-state index in [-0.39, 0.29) is 30.4 Å². The topological polar surface area (TPSA) is 105 Å². The third kappa shape index (κ3) is 6.13. The molecule has 0 aliphatic carbocycles. The Morgan fingerprint density at radius 2 is 1.65 bits per heavy atom. The summed E-state index contributed by atoms with van der Waals surface area (Å²) in [5.74, 6) is -0.0254. The second kappa shape index (κ2) is 7.78. The number of halogens is 6. The Hall–Kier alpha value is -1.88. The zero-order chi connectivity index (χ0) is 19.5. The minimum Gasteiger partial charge on any atom is -0.382 e. The molecule has 0 radical (unpaired) electrons. The van der Waals surface area contributed by atoms with Crippen LogP contribution in [0.3, 0.4) is 0 Å². The van der Waals surface area contributed by atoms with Gasteiger partial charge in [0.25, 0.3) is 0 Å². The van der Waals surface area contributed by atoms with Crippen molar-refractivity contribution >= 4 is 30.9 Å². The maximum absolute atomic E-state index is 12.4. The number of imidazole rings is 1. The standard InChI is InChI=1S/C12H15F6N6OP/c13-11(14,15)3-26(4-12(16,17)18)6-25-2-1-24-5-21-7-8(19)22-10(20)23-9(7)24/h5H,1-4,6H2,(H4,19,20,22,23). The summed E-state index contributed by atoms with van der Waals surface area (Å²) in [7, 11) is -2.41. The minimum absolute atomic E-state index is 0.0612. The van der Waals surface area contributed by atoms with Crippen molar-refractivity contribution in [2.75, 3.05) is 36.7 Å². The highest BCUT2D eigenvalue weighted by Crippen LogP contribution is 2.45. The minimum atomic E-state index is -4.67. The van der Waals surface area contributed by atoms with E-state index in [0.717, 1.165) is 0 Å². The number of aromatic nitrogens is 4. The first-order valence-electron chi connectivity index (χ1n) is 7.12. The average molecular weight is 404 g/mol. The van der Waals surface area contributed by atoms with E-state index < -0.39 is 38.9 Å². The molecule has 2 aromatic heterocycles. The molecule has 0 saturated heterocycles. The highest BCUT2D eigenvalue weighted by atomic mass is 31.1. The molecule has 0 unspecified atom stereocenters. The number of hydrogen-bond acceptors (Lipinski definition) is 6. The summed E-state index contributed by atoms with van der Waals surface area (Å²) in [6.45, 7) is -0.0164. The number of nitrogens with two attached hydrogens (primary N) is 2. The molecule has 4 N–H and O–H groups in total. The van der Waals surface area contributed by atoms with Crippen LogP contribution in [0.1, 0.15) is 0 Å². The summed E-state index contributed by atoms with van der Waals surface area (Å²) >= 11 is 0. The van der Waals surface area contributed by atoms with E-state index in [4.69, 9.17) is 16.2 Å². The number of anilines is 2. The molecule has 2 heterocycles. The summed E-state index contributed by atoms with van der Waals surface area (Å²) in [6, 6.07) is 0. The van der Waals surface area contributed by atoms with Gasteiger partial charge in [-0.2, -0.15) is 36.3 Å². The van der Waals surface area contributed by atoms with Crippen LogP contribution >= 0.6 is 7.92 Å². The maximum Gasteiger partial charge on any atom is 0.392 e. The number of rotatable bonds is 7. The Bertz CT molecular complexity index is 732. The summed E-state index contributed by atoms with van der Waals surface area (Å²) in [4.78, 5) is 11.7. The molecule has 0 fully saturated rings. The van der Waals surface area contributed by atoms with Crippen LogP contribution in [0.25, 0.3) is 11.2 Å². The van der Waals surface area contributed by atoms with Gasteiger partial charge in [-0.25, -0.2) is 4.98 Å². The zero-order valence-corrected chi connectivity index (χ0v) is 14.1. The molecule has 0 saturated carbocycles. The van der Waals surface area contributed by atoms with Crippen molar-refractivity contribution in [1.29, 1.82) is 0 Å². The van der Waals surface area contributed by atoms with Crippen molar-refractivity contribution in [2.45, 2.75) is 18.9 Å². The number of fused-ring (bicyclic) bond motifs is 1. The molecule has 0 atom stereocenters.